The molecule has 2 aliphatic rings. The van der Waals surface area contributed by atoms with Crippen molar-refractivity contribution in [3.05, 3.63) is 58.2 Å². The molecule has 0 fully saturated rings. The van der Waals surface area contributed by atoms with E-state index in [1.807, 2.05) is 12.1 Å². The molecule has 0 radical (unpaired) electrons. The Morgan fingerprint density at radius 2 is 1.13 bits per heavy atom. The zero-order valence-corrected chi connectivity index (χ0v) is 18.2. The van der Waals surface area contributed by atoms with Crippen LogP contribution in [0.2, 0.25) is 0 Å². The van der Waals surface area contributed by atoms with Crippen molar-refractivity contribution in [3.8, 4) is 0 Å². The lowest BCUT2D eigenvalue weighted by Crippen LogP contribution is -2.26. The second kappa shape index (κ2) is 10.5. The summed E-state index contributed by atoms with van der Waals surface area (Å²) < 4.78 is 0. The average molecular weight is 421 g/mol. The highest BCUT2D eigenvalue weighted by Crippen LogP contribution is 2.20. The highest BCUT2D eigenvalue weighted by molar-refractivity contribution is 5.78. The first-order valence-corrected chi connectivity index (χ1v) is 11.7. The molecule has 0 saturated carbocycles. The van der Waals surface area contributed by atoms with E-state index in [4.69, 9.17) is 0 Å². The van der Waals surface area contributed by atoms with Gasteiger partial charge in [0.2, 0.25) is 11.8 Å². The van der Waals surface area contributed by atoms with Crippen LogP contribution < -0.4 is 10.6 Å². The predicted octanol–water partition coefficient (Wildman–Crippen LogP) is 3.34. The van der Waals surface area contributed by atoms with Crippen LogP contribution in [0.25, 0.3) is 0 Å². The van der Waals surface area contributed by atoms with E-state index >= 15 is 0 Å². The maximum Gasteiger partial charge on any atom is 0.220 e. The first-order valence-electron chi connectivity index (χ1n) is 11.7. The van der Waals surface area contributed by atoms with Crippen LogP contribution in [0.1, 0.15) is 78.8 Å². The molecule has 2 amide bonds. The number of hydrogen-bond acceptors (Lipinski definition) is 4. The lowest BCUT2D eigenvalue weighted by molar-refractivity contribution is -0.122. The van der Waals surface area contributed by atoms with Crippen molar-refractivity contribution >= 4 is 11.8 Å². The lowest BCUT2D eigenvalue weighted by Gasteiger charge is -2.15. The second-order valence-electron chi connectivity index (χ2n) is 8.64. The molecule has 0 unspecified atom stereocenters. The van der Waals surface area contributed by atoms with Gasteiger partial charge in [-0.1, -0.05) is 12.1 Å². The van der Waals surface area contributed by atoms with Crippen molar-refractivity contribution < 1.29 is 9.59 Å². The van der Waals surface area contributed by atoms with Crippen molar-refractivity contribution in [3.63, 3.8) is 0 Å². The van der Waals surface area contributed by atoms with Gasteiger partial charge in [-0.15, -0.1) is 0 Å². The summed E-state index contributed by atoms with van der Waals surface area (Å²) in [6.45, 7) is 0.893. The summed E-state index contributed by atoms with van der Waals surface area (Å²) in [6.07, 6.45) is 10.4. The van der Waals surface area contributed by atoms with Gasteiger partial charge >= 0.3 is 0 Å². The predicted molar refractivity (Wildman–Crippen MR) is 119 cm³/mol. The molecule has 0 atom stereocenters. The largest absolute Gasteiger partial charge is 0.350 e. The summed E-state index contributed by atoms with van der Waals surface area (Å²) >= 11 is 0. The van der Waals surface area contributed by atoms with Gasteiger partial charge in [-0.05, 0) is 81.0 Å². The van der Waals surface area contributed by atoms with Gasteiger partial charge in [-0.2, -0.15) is 0 Å². The molecular weight excluding hydrogens is 388 g/mol. The third kappa shape index (κ3) is 6.12. The number of aromatic nitrogens is 2. The fourth-order valence-electron chi connectivity index (χ4n) is 4.42. The van der Waals surface area contributed by atoms with Crippen molar-refractivity contribution in [2.75, 3.05) is 0 Å². The molecule has 2 heterocycles. The van der Waals surface area contributed by atoms with Gasteiger partial charge < -0.3 is 10.6 Å². The maximum absolute atomic E-state index is 12.1. The fraction of sp³-hybridized carbons (Fsp3) is 0.520. The first-order chi connectivity index (χ1) is 15.2. The van der Waals surface area contributed by atoms with Gasteiger partial charge in [-0.3, -0.25) is 19.6 Å². The minimum absolute atomic E-state index is 0.0383. The number of amides is 2. The normalized spacial score (nSPS) is 15.0. The topological polar surface area (TPSA) is 84.0 Å². The molecule has 0 aromatic carbocycles. The van der Waals surface area contributed by atoms with Crippen molar-refractivity contribution in [2.24, 2.45) is 0 Å². The molecule has 2 aliphatic carbocycles. The monoisotopic (exact) mass is 420 g/mol. The number of carbonyl (C=O) groups excluding carboxylic acids is 2. The minimum atomic E-state index is -0.0383. The summed E-state index contributed by atoms with van der Waals surface area (Å²) in [5.41, 5.74) is 6.87. The fourth-order valence-corrected chi connectivity index (χ4v) is 4.42. The third-order valence-electron chi connectivity index (χ3n) is 6.21. The molecule has 31 heavy (non-hydrogen) atoms. The maximum atomic E-state index is 12.1. The number of nitrogens with zero attached hydrogens (tertiary/aromatic N) is 2. The molecule has 6 nitrogen and oxygen atoms in total. The van der Waals surface area contributed by atoms with E-state index in [1.54, 1.807) is 0 Å². The summed E-state index contributed by atoms with van der Waals surface area (Å²) in [6, 6.07) is 8.30. The molecule has 4 rings (SSSR count). The second-order valence-corrected chi connectivity index (χ2v) is 8.64. The molecule has 6 heteroatoms. The molecule has 2 N–H and O–H groups in total. The highest BCUT2D eigenvalue weighted by atomic mass is 16.2. The van der Waals surface area contributed by atoms with Crippen LogP contribution in [-0.4, -0.2) is 21.8 Å². The smallest absolute Gasteiger partial charge is 0.220 e. The standard InChI is InChI=1S/C25H32N4O2/c30-24(26-16-20-14-12-18-6-1-3-8-22(18)28-20)10-5-11-25(31)27-17-21-15-13-19-7-2-4-9-23(19)29-21/h12-15H,1-11,16-17H2,(H,26,30)(H,27,31). The van der Waals surface area contributed by atoms with E-state index in [0.717, 1.165) is 37.1 Å². The van der Waals surface area contributed by atoms with Crippen molar-refractivity contribution in [1.29, 1.82) is 0 Å². The summed E-state index contributed by atoms with van der Waals surface area (Å²) in [5.74, 6) is -0.0765. The molecule has 2 aromatic rings. The van der Waals surface area contributed by atoms with Crippen LogP contribution in [0.5, 0.6) is 0 Å². The average Bonchev–Trinajstić information content (AvgIpc) is 2.81. The number of carbonyl (C=O) groups is 2. The van der Waals surface area contributed by atoms with Gasteiger partial charge in [0.05, 0.1) is 24.5 Å². The van der Waals surface area contributed by atoms with Crippen LogP contribution in [0.4, 0.5) is 0 Å². The molecule has 2 aromatic heterocycles. The molecule has 0 spiro atoms. The molecular formula is C25H32N4O2. The number of rotatable bonds is 8. The van der Waals surface area contributed by atoms with Gasteiger partial charge in [0.15, 0.2) is 0 Å². The Balaban J connectivity index is 1.13. The molecule has 164 valence electrons. The van der Waals surface area contributed by atoms with E-state index in [0.29, 0.717) is 32.4 Å². The van der Waals surface area contributed by atoms with E-state index in [-0.39, 0.29) is 11.8 Å². The van der Waals surface area contributed by atoms with Gasteiger partial charge in [-0.25, -0.2) is 0 Å². The van der Waals surface area contributed by atoms with Crippen molar-refractivity contribution in [1.82, 2.24) is 20.6 Å². The lowest BCUT2D eigenvalue weighted by atomic mass is 9.96. The van der Waals surface area contributed by atoms with Crippen LogP contribution in [0.15, 0.2) is 24.3 Å². The van der Waals surface area contributed by atoms with E-state index < -0.39 is 0 Å². The van der Waals surface area contributed by atoms with Gasteiger partial charge in [0.1, 0.15) is 0 Å². The van der Waals surface area contributed by atoms with Crippen LogP contribution >= 0.6 is 0 Å². The Bertz CT molecular complexity index is 866. The SMILES string of the molecule is O=C(CCCC(=O)NCc1ccc2c(n1)CCCC2)NCc1ccc2c(n1)CCCC2. The summed E-state index contributed by atoms with van der Waals surface area (Å²) in [7, 11) is 0. The third-order valence-corrected chi connectivity index (χ3v) is 6.21. The van der Waals surface area contributed by atoms with Gasteiger partial charge in [0, 0.05) is 24.2 Å². The van der Waals surface area contributed by atoms with Crippen LogP contribution in [-0.2, 0) is 48.4 Å². The Morgan fingerprint density at radius 1 is 0.677 bits per heavy atom. The number of fused-ring (bicyclic) bond motifs is 2. The molecule has 0 saturated heterocycles. The highest BCUT2D eigenvalue weighted by Gasteiger charge is 2.13. The number of nitrogens with one attached hydrogen (secondary N) is 2. The van der Waals surface area contributed by atoms with E-state index in [9.17, 15) is 9.59 Å². The first kappa shape index (κ1) is 21.5. The van der Waals surface area contributed by atoms with E-state index in [2.05, 4.69) is 32.7 Å². The molecule has 0 bridgehead atoms. The number of aryl methyl sites for hydroxylation is 4. The minimum Gasteiger partial charge on any atom is -0.350 e. The quantitative estimate of drug-likeness (QED) is 0.686. The van der Waals surface area contributed by atoms with E-state index in [1.165, 1.54) is 48.2 Å². The Labute approximate surface area is 184 Å². The number of pyridine rings is 2. The van der Waals surface area contributed by atoms with Crippen molar-refractivity contribution in [2.45, 2.75) is 83.7 Å². The summed E-state index contributed by atoms with van der Waals surface area (Å²) in [5, 5.41) is 5.85. The number of hydrogen-bond donors (Lipinski definition) is 2. The Kier molecular flexibility index (Phi) is 7.28. The zero-order chi connectivity index (χ0) is 21.5. The van der Waals surface area contributed by atoms with Crippen LogP contribution in [0, 0.1) is 0 Å². The van der Waals surface area contributed by atoms with Gasteiger partial charge in [0.25, 0.3) is 0 Å². The van der Waals surface area contributed by atoms with Crippen LogP contribution in [0.3, 0.4) is 0 Å². The summed E-state index contributed by atoms with van der Waals surface area (Å²) in [4.78, 5) is 33.6. The Morgan fingerprint density at radius 3 is 1.61 bits per heavy atom. The zero-order valence-electron chi connectivity index (χ0n) is 18.2. The molecule has 0 aliphatic heterocycles. The Hall–Kier alpha value is -2.76.